The van der Waals surface area contributed by atoms with Crippen LogP contribution in [0.25, 0.3) is 0 Å². The second-order valence-electron chi connectivity index (χ2n) is 4.97. The maximum Gasteiger partial charge on any atom is 0.0461 e. The van der Waals surface area contributed by atoms with Gasteiger partial charge in [0.1, 0.15) is 0 Å². The van der Waals surface area contributed by atoms with Crippen LogP contribution in [0.4, 0.5) is 0 Å². The maximum absolute atomic E-state index is 9.40. The van der Waals surface area contributed by atoms with E-state index >= 15 is 0 Å². The minimum atomic E-state index is 0.320. The predicted molar refractivity (Wildman–Crippen MR) is 69.9 cm³/mol. The van der Waals surface area contributed by atoms with Crippen molar-refractivity contribution >= 4 is 11.8 Å². The second-order valence-corrected chi connectivity index (χ2v) is 6.03. The minimum Gasteiger partial charge on any atom is -0.396 e. The molecule has 0 fully saturated rings. The van der Waals surface area contributed by atoms with E-state index in [-0.39, 0.29) is 0 Å². The molecule has 2 heteroatoms. The summed E-state index contributed by atoms with van der Waals surface area (Å²) in [5, 5.41) is 9.40. The minimum absolute atomic E-state index is 0.320. The van der Waals surface area contributed by atoms with Gasteiger partial charge in [-0.2, -0.15) is 0 Å². The first-order valence-corrected chi connectivity index (χ1v) is 7.03. The first kappa shape index (κ1) is 12.0. The van der Waals surface area contributed by atoms with Crippen LogP contribution in [0.1, 0.15) is 31.7 Å². The summed E-state index contributed by atoms with van der Waals surface area (Å²) in [5.74, 6) is 2.84. The summed E-state index contributed by atoms with van der Waals surface area (Å²) in [4.78, 5) is 1.44. The molecule has 1 aromatic carbocycles. The molecule has 0 spiro atoms. The average Bonchev–Trinajstić information content (AvgIpc) is 2.69. The van der Waals surface area contributed by atoms with Crippen molar-refractivity contribution in [1.29, 1.82) is 0 Å². The highest BCUT2D eigenvalue weighted by Crippen LogP contribution is 2.43. The summed E-state index contributed by atoms with van der Waals surface area (Å²) in [6.45, 7) is 4.73. The monoisotopic (exact) mass is 236 g/mol. The zero-order valence-electron chi connectivity index (χ0n) is 10.0. The van der Waals surface area contributed by atoms with Gasteiger partial charge in [0.25, 0.3) is 0 Å². The van der Waals surface area contributed by atoms with Crippen molar-refractivity contribution in [3.63, 3.8) is 0 Å². The van der Waals surface area contributed by atoms with Crippen molar-refractivity contribution < 1.29 is 5.11 Å². The van der Waals surface area contributed by atoms with Gasteiger partial charge in [0.05, 0.1) is 0 Å². The van der Waals surface area contributed by atoms with E-state index in [0.29, 0.717) is 24.4 Å². The fourth-order valence-corrected chi connectivity index (χ4v) is 3.62. The fourth-order valence-electron chi connectivity index (χ4n) is 2.35. The van der Waals surface area contributed by atoms with Crippen molar-refractivity contribution in [2.24, 2.45) is 11.8 Å². The number of benzene rings is 1. The summed E-state index contributed by atoms with van der Waals surface area (Å²) in [5.41, 5.74) is 1.49. The molecule has 0 saturated carbocycles. The summed E-state index contributed by atoms with van der Waals surface area (Å²) in [6.07, 6.45) is 1.12. The van der Waals surface area contributed by atoms with Gasteiger partial charge in [0, 0.05) is 17.3 Å². The number of rotatable bonds is 4. The Labute approximate surface area is 102 Å². The summed E-state index contributed by atoms with van der Waals surface area (Å²) < 4.78 is 0. The van der Waals surface area contributed by atoms with E-state index in [1.165, 1.54) is 16.2 Å². The Kier molecular flexibility index (Phi) is 3.93. The largest absolute Gasteiger partial charge is 0.396 e. The zero-order valence-corrected chi connectivity index (χ0v) is 10.8. The van der Waals surface area contributed by atoms with E-state index in [1.807, 2.05) is 11.8 Å². The highest BCUT2D eigenvalue weighted by atomic mass is 32.2. The average molecular weight is 236 g/mol. The van der Waals surface area contributed by atoms with Crippen molar-refractivity contribution in [2.75, 3.05) is 12.4 Å². The maximum atomic E-state index is 9.40. The number of hydrogen-bond acceptors (Lipinski definition) is 2. The first-order valence-electron chi connectivity index (χ1n) is 6.05. The van der Waals surface area contributed by atoms with E-state index in [0.717, 1.165) is 6.42 Å². The van der Waals surface area contributed by atoms with Crippen molar-refractivity contribution in [3.05, 3.63) is 29.8 Å². The molecule has 0 bridgehead atoms. The highest BCUT2D eigenvalue weighted by molar-refractivity contribution is 7.99. The first-order chi connectivity index (χ1) is 7.72. The number of hydrogen-bond donors (Lipinski definition) is 1. The van der Waals surface area contributed by atoms with Gasteiger partial charge in [-0.3, -0.25) is 0 Å². The van der Waals surface area contributed by atoms with Gasteiger partial charge in [0.15, 0.2) is 0 Å². The molecule has 1 heterocycles. The van der Waals surface area contributed by atoms with Crippen molar-refractivity contribution in [1.82, 2.24) is 0 Å². The molecule has 1 aliphatic rings. The lowest BCUT2D eigenvalue weighted by atomic mass is 9.85. The van der Waals surface area contributed by atoms with E-state index < -0.39 is 0 Å². The third-order valence-corrected chi connectivity index (χ3v) is 4.82. The molecular formula is C14H20OS. The van der Waals surface area contributed by atoms with Crippen LogP contribution in [0.3, 0.4) is 0 Å². The fraction of sp³-hybridized carbons (Fsp3) is 0.571. The molecule has 0 aliphatic carbocycles. The molecule has 2 unspecified atom stereocenters. The molecule has 1 nitrogen and oxygen atoms in total. The van der Waals surface area contributed by atoms with Crippen molar-refractivity contribution in [3.8, 4) is 0 Å². The SMILES string of the molecule is CC(C)C(CO)CC1CSc2ccccc21. The van der Waals surface area contributed by atoms with E-state index in [9.17, 15) is 5.11 Å². The van der Waals surface area contributed by atoms with Crippen LogP contribution < -0.4 is 0 Å². The normalized spacial score (nSPS) is 21.1. The van der Waals surface area contributed by atoms with Gasteiger partial charge in [-0.05, 0) is 35.8 Å². The summed E-state index contributed by atoms with van der Waals surface area (Å²) >= 11 is 1.96. The lowest BCUT2D eigenvalue weighted by Gasteiger charge is -2.22. The third kappa shape index (κ3) is 2.44. The lowest BCUT2D eigenvalue weighted by Crippen LogP contribution is -2.17. The molecule has 88 valence electrons. The van der Waals surface area contributed by atoms with Gasteiger partial charge < -0.3 is 5.11 Å². The van der Waals surface area contributed by atoms with Crippen molar-refractivity contribution in [2.45, 2.75) is 31.1 Å². The summed E-state index contributed by atoms with van der Waals surface area (Å²) in [7, 11) is 0. The Balaban J connectivity index is 2.08. The molecule has 0 radical (unpaired) electrons. The van der Waals surface area contributed by atoms with Crippen LogP contribution in [-0.4, -0.2) is 17.5 Å². The standard InChI is InChI=1S/C14H20OS/c1-10(2)11(8-15)7-12-9-16-14-6-4-3-5-13(12)14/h3-6,10-12,15H,7-9H2,1-2H3. The Morgan fingerprint density at radius 3 is 2.81 bits per heavy atom. The van der Waals surface area contributed by atoms with Crippen LogP contribution in [-0.2, 0) is 0 Å². The van der Waals surface area contributed by atoms with Gasteiger partial charge in [-0.25, -0.2) is 0 Å². The number of aliphatic hydroxyl groups is 1. The molecule has 2 rings (SSSR count). The Bertz CT molecular complexity index is 348. The van der Waals surface area contributed by atoms with E-state index in [1.54, 1.807) is 0 Å². The van der Waals surface area contributed by atoms with Gasteiger partial charge >= 0.3 is 0 Å². The molecule has 2 atom stereocenters. The zero-order chi connectivity index (χ0) is 11.5. The Hall–Kier alpha value is -0.470. The summed E-state index contributed by atoms with van der Waals surface area (Å²) in [6, 6.07) is 8.69. The smallest absolute Gasteiger partial charge is 0.0461 e. The van der Waals surface area contributed by atoms with Crippen LogP contribution in [0.15, 0.2) is 29.2 Å². The topological polar surface area (TPSA) is 20.2 Å². The molecule has 0 aromatic heterocycles. The molecule has 0 amide bonds. The Morgan fingerprint density at radius 2 is 2.12 bits per heavy atom. The van der Waals surface area contributed by atoms with E-state index in [2.05, 4.69) is 38.1 Å². The Morgan fingerprint density at radius 1 is 1.38 bits per heavy atom. The number of aliphatic hydroxyl groups excluding tert-OH is 1. The van der Waals surface area contributed by atoms with Gasteiger partial charge in [-0.1, -0.05) is 32.0 Å². The third-order valence-electron chi connectivity index (χ3n) is 3.56. The number of thioether (sulfide) groups is 1. The lowest BCUT2D eigenvalue weighted by molar-refractivity contribution is 0.176. The number of fused-ring (bicyclic) bond motifs is 1. The molecular weight excluding hydrogens is 216 g/mol. The quantitative estimate of drug-likeness (QED) is 0.863. The van der Waals surface area contributed by atoms with Crippen LogP contribution in [0.5, 0.6) is 0 Å². The predicted octanol–water partition coefficient (Wildman–Crippen LogP) is 3.53. The highest BCUT2D eigenvalue weighted by Gasteiger charge is 2.26. The molecule has 16 heavy (non-hydrogen) atoms. The van der Waals surface area contributed by atoms with Crippen LogP contribution in [0, 0.1) is 11.8 Å². The second kappa shape index (κ2) is 5.24. The van der Waals surface area contributed by atoms with Gasteiger partial charge in [-0.15, -0.1) is 11.8 Å². The van der Waals surface area contributed by atoms with E-state index in [4.69, 9.17) is 0 Å². The van der Waals surface area contributed by atoms with Gasteiger partial charge in [0.2, 0.25) is 0 Å². The van der Waals surface area contributed by atoms with Crippen LogP contribution >= 0.6 is 11.8 Å². The molecule has 1 N–H and O–H groups in total. The van der Waals surface area contributed by atoms with Crippen LogP contribution in [0.2, 0.25) is 0 Å². The molecule has 1 aliphatic heterocycles. The molecule has 1 aromatic rings. The molecule has 0 saturated heterocycles.